The van der Waals surface area contributed by atoms with E-state index in [1.54, 1.807) is 16.8 Å². The molecule has 0 N–H and O–H groups in total. The van der Waals surface area contributed by atoms with Crippen molar-refractivity contribution in [3.63, 3.8) is 0 Å². The summed E-state index contributed by atoms with van der Waals surface area (Å²) < 4.78 is 11.7. The monoisotopic (exact) mass is 518 g/mol. The number of hydrogen-bond acceptors (Lipinski definition) is 4. The predicted octanol–water partition coefficient (Wildman–Crippen LogP) is 8.07. The molecule has 0 spiro atoms. The summed E-state index contributed by atoms with van der Waals surface area (Å²) >= 11 is 5.01. The maximum absolute atomic E-state index is 13.2. The Morgan fingerprint density at radius 2 is 1.62 bits per heavy atom. The molecule has 0 aliphatic rings. The van der Waals surface area contributed by atoms with E-state index >= 15 is 0 Å². The Morgan fingerprint density at radius 1 is 1.03 bits per heavy atom. The second kappa shape index (κ2) is 11.4. The SMILES string of the molecule is C[C@H](OC(=O)N(CCC(=NSC(C)(C)C)c1ccccc1)C(C)(C)C)c1ccc(Br)cc1. The predicted molar refractivity (Wildman–Crippen MR) is 140 cm³/mol. The molecular formula is C26H35BrN2O2S. The molecule has 6 heteroatoms. The maximum Gasteiger partial charge on any atom is 0.410 e. The first-order chi connectivity index (χ1) is 14.9. The summed E-state index contributed by atoms with van der Waals surface area (Å²) in [7, 11) is 0. The topological polar surface area (TPSA) is 41.9 Å². The van der Waals surface area contributed by atoms with Crippen LogP contribution in [0.2, 0.25) is 0 Å². The van der Waals surface area contributed by atoms with Crippen LogP contribution in [0.3, 0.4) is 0 Å². The smallest absolute Gasteiger partial charge is 0.410 e. The van der Waals surface area contributed by atoms with Crippen molar-refractivity contribution in [2.75, 3.05) is 6.54 Å². The number of ether oxygens (including phenoxy) is 1. The van der Waals surface area contributed by atoms with Crippen molar-refractivity contribution < 1.29 is 9.53 Å². The third kappa shape index (κ3) is 8.62. The minimum Gasteiger partial charge on any atom is -0.442 e. The van der Waals surface area contributed by atoms with Gasteiger partial charge in [0, 0.05) is 27.7 Å². The lowest BCUT2D eigenvalue weighted by atomic mass is 10.0. The van der Waals surface area contributed by atoms with Crippen molar-refractivity contribution in [1.29, 1.82) is 0 Å². The van der Waals surface area contributed by atoms with Crippen molar-refractivity contribution >= 4 is 39.7 Å². The van der Waals surface area contributed by atoms with Gasteiger partial charge in [0.1, 0.15) is 6.10 Å². The standard InChI is InChI=1S/C26H35BrN2O2S/c1-19(20-13-15-22(27)16-14-20)31-24(30)29(25(2,3)4)18-17-23(28-32-26(5,6)7)21-11-9-8-10-12-21/h8-16,19H,17-18H2,1-7H3/t19-/m0/s1. The molecule has 0 radical (unpaired) electrons. The average molecular weight is 520 g/mol. The first-order valence-electron chi connectivity index (χ1n) is 10.9. The van der Waals surface area contributed by atoms with E-state index in [1.807, 2.05) is 70.2 Å². The van der Waals surface area contributed by atoms with E-state index in [4.69, 9.17) is 9.13 Å². The van der Waals surface area contributed by atoms with Crippen molar-refractivity contribution in [1.82, 2.24) is 4.90 Å². The van der Waals surface area contributed by atoms with E-state index in [1.165, 1.54) is 0 Å². The number of rotatable bonds is 7. The number of amides is 1. The van der Waals surface area contributed by atoms with Gasteiger partial charge in [-0.25, -0.2) is 9.19 Å². The molecule has 2 aromatic carbocycles. The van der Waals surface area contributed by atoms with Crippen LogP contribution in [0.25, 0.3) is 0 Å². The number of carbonyl (C=O) groups is 1. The Balaban J connectivity index is 2.17. The summed E-state index contributed by atoms with van der Waals surface area (Å²) in [4.78, 5) is 15.0. The van der Waals surface area contributed by atoms with Gasteiger partial charge in [0.2, 0.25) is 0 Å². The quantitative estimate of drug-likeness (QED) is 0.274. The first-order valence-corrected chi connectivity index (χ1v) is 12.5. The Labute approximate surface area is 206 Å². The van der Waals surface area contributed by atoms with Gasteiger partial charge >= 0.3 is 6.09 Å². The Bertz CT molecular complexity index is 900. The number of carbonyl (C=O) groups excluding carboxylic acids is 1. The molecule has 0 saturated heterocycles. The largest absolute Gasteiger partial charge is 0.442 e. The average Bonchev–Trinajstić information content (AvgIpc) is 2.69. The van der Waals surface area contributed by atoms with E-state index in [0.29, 0.717) is 13.0 Å². The summed E-state index contributed by atoms with van der Waals surface area (Å²) in [5, 5.41) is 0. The molecule has 174 valence electrons. The zero-order chi connectivity index (χ0) is 23.9. The molecule has 0 bridgehead atoms. The molecule has 32 heavy (non-hydrogen) atoms. The highest BCUT2D eigenvalue weighted by Gasteiger charge is 2.29. The van der Waals surface area contributed by atoms with Crippen LogP contribution in [0, 0.1) is 0 Å². The minimum atomic E-state index is -0.379. The van der Waals surface area contributed by atoms with Crippen molar-refractivity contribution in [3.8, 4) is 0 Å². The Hall–Kier alpha value is -1.79. The Kier molecular flexibility index (Phi) is 9.40. The van der Waals surface area contributed by atoms with Crippen LogP contribution in [0.15, 0.2) is 63.5 Å². The Morgan fingerprint density at radius 3 is 2.16 bits per heavy atom. The zero-order valence-electron chi connectivity index (χ0n) is 20.2. The number of hydrogen-bond donors (Lipinski definition) is 0. The van der Waals surface area contributed by atoms with Crippen LogP contribution < -0.4 is 0 Å². The van der Waals surface area contributed by atoms with Gasteiger partial charge in [-0.3, -0.25) is 0 Å². The summed E-state index contributed by atoms with van der Waals surface area (Å²) in [5.41, 5.74) is 2.64. The van der Waals surface area contributed by atoms with Crippen LogP contribution in [0.1, 0.15) is 72.1 Å². The summed E-state index contributed by atoms with van der Waals surface area (Å²) in [6.07, 6.45) is -0.00507. The molecule has 0 aromatic heterocycles. The van der Waals surface area contributed by atoms with E-state index in [0.717, 1.165) is 21.3 Å². The lowest BCUT2D eigenvalue weighted by molar-refractivity contribution is 0.0434. The van der Waals surface area contributed by atoms with Crippen LogP contribution in [-0.4, -0.2) is 33.5 Å². The van der Waals surface area contributed by atoms with Crippen molar-refractivity contribution in [3.05, 3.63) is 70.2 Å². The summed E-state index contributed by atoms with van der Waals surface area (Å²) in [5.74, 6) is 0. The lowest BCUT2D eigenvalue weighted by Crippen LogP contribution is -2.47. The molecule has 0 aliphatic heterocycles. The zero-order valence-corrected chi connectivity index (χ0v) is 22.6. The third-order valence-corrected chi connectivity index (χ3v) is 6.14. The fourth-order valence-electron chi connectivity index (χ4n) is 3.00. The molecule has 2 rings (SSSR count). The van der Waals surface area contributed by atoms with Crippen LogP contribution in [-0.2, 0) is 4.74 Å². The van der Waals surface area contributed by atoms with Gasteiger partial charge < -0.3 is 9.64 Å². The molecule has 4 nitrogen and oxygen atoms in total. The van der Waals surface area contributed by atoms with Gasteiger partial charge in [-0.05, 0) is 83.7 Å². The fourth-order valence-corrected chi connectivity index (χ4v) is 3.85. The molecule has 0 fully saturated rings. The molecule has 1 atom stereocenters. The second-order valence-electron chi connectivity index (χ2n) is 9.76. The van der Waals surface area contributed by atoms with Gasteiger partial charge in [0.15, 0.2) is 0 Å². The molecule has 0 aliphatic carbocycles. The molecule has 2 aromatic rings. The van der Waals surface area contributed by atoms with Crippen LogP contribution in [0.5, 0.6) is 0 Å². The van der Waals surface area contributed by atoms with E-state index < -0.39 is 0 Å². The summed E-state index contributed by atoms with van der Waals surface area (Å²) in [6, 6.07) is 18.0. The van der Waals surface area contributed by atoms with Gasteiger partial charge in [0.25, 0.3) is 0 Å². The van der Waals surface area contributed by atoms with E-state index in [-0.39, 0.29) is 22.5 Å². The molecule has 1 amide bonds. The first kappa shape index (κ1) is 26.5. The highest BCUT2D eigenvalue weighted by Crippen LogP contribution is 2.27. The van der Waals surface area contributed by atoms with Crippen LogP contribution >= 0.6 is 27.9 Å². The highest BCUT2D eigenvalue weighted by atomic mass is 79.9. The number of benzene rings is 2. The normalized spacial score (nSPS) is 13.6. The van der Waals surface area contributed by atoms with Gasteiger partial charge in [-0.1, -0.05) is 58.4 Å². The molecular weight excluding hydrogens is 484 g/mol. The highest BCUT2D eigenvalue weighted by molar-refractivity contribution is 9.10. The second-order valence-corrected chi connectivity index (χ2v) is 12.3. The summed E-state index contributed by atoms with van der Waals surface area (Å²) in [6.45, 7) is 14.9. The fraction of sp³-hybridized carbons (Fsp3) is 0.462. The lowest BCUT2D eigenvalue weighted by Gasteiger charge is -2.35. The van der Waals surface area contributed by atoms with Crippen molar-refractivity contribution in [2.45, 2.75) is 71.3 Å². The maximum atomic E-state index is 13.2. The van der Waals surface area contributed by atoms with E-state index in [9.17, 15) is 4.79 Å². The number of halogens is 1. The van der Waals surface area contributed by atoms with E-state index in [2.05, 4.69) is 48.8 Å². The number of nitrogens with zero attached hydrogens (tertiary/aromatic N) is 2. The molecule has 0 unspecified atom stereocenters. The van der Waals surface area contributed by atoms with Gasteiger partial charge in [-0.2, -0.15) is 0 Å². The molecule has 0 saturated carbocycles. The van der Waals surface area contributed by atoms with Gasteiger partial charge in [0.05, 0.1) is 5.71 Å². The molecule has 0 heterocycles. The van der Waals surface area contributed by atoms with Crippen LogP contribution in [0.4, 0.5) is 4.79 Å². The van der Waals surface area contributed by atoms with Gasteiger partial charge in [-0.15, -0.1) is 0 Å². The van der Waals surface area contributed by atoms with Crippen molar-refractivity contribution in [2.24, 2.45) is 4.40 Å². The third-order valence-electron chi connectivity index (χ3n) is 4.76. The minimum absolute atomic E-state index is 0.0167.